The number of hydrogen-bond acceptors (Lipinski definition) is 3. The van der Waals surface area contributed by atoms with Crippen molar-refractivity contribution in [2.24, 2.45) is 0 Å². The highest BCUT2D eigenvalue weighted by atomic mass is 32.2. The lowest BCUT2D eigenvalue weighted by Gasteiger charge is -2.27. The van der Waals surface area contributed by atoms with Crippen molar-refractivity contribution in [1.82, 2.24) is 9.62 Å². The van der Waals surface area contributed by atoms with Crippen LogP contribution in [-0.4, -0.2) is 36.8 Å². The lowest BCUT2D eigenvalue weighted by molar-refractivity contribution is -0.125. The fourth-order valence-electron chi connectivity index (χ4n) is 2.59. The van der Waals surface area contributed by atoms with Gasteiger partial charge in [0, 0.05) is 12.1 Å². The number of nitrogens with one attached hydrogen (secondary N) is 1. The molecule has 0 saturated carbocycles. The molecule has 0 spiro atoms. The lowest BCUT2D eigenvalue weighted by atomic mass is 10.1. The minimum atomic E-state index is -3.63. The quantitative estimate of drug-likeness (QED) is 0.925. The second kappa shape index (κ2) is 6.01. The zero-order chi connectivity index (χ0) is 16.5. The van der Waals surface area contributed by atoms with Crippen LogP contribution >= 0.6 is 0 Å². The van der Waals surface area contributed by atoms with Crippen molar-refractivity contribution < 1.29 is 13.2 Å². The third kappa shape index (κ3) is 3.67. The summed E-state index contributed by atoms with van der Waals surface area (Å²) in [6.07, 6.45) is 1.26. The Balaban J connectivity index is 2.26. The lowest BCUT2D eigenvalue weighted by Crippen LogP contribution is -2.51. The summed E-state index contributed by atoms with van der Waals surface area (Å²) in [5.41, 5.74) is 0.626. The van der Waals surface area contributed by atoms with Gasteiger partial charge in [-0.1, -0.05) is 17.7 Å². The zero-order valence-electron chi connectivity index (χ0n) is 13.6. The normalized spacial score (nSPS) is 20.1. The first-order chi connectivity index (χ1) is 10.1. The summed E-state index contributed by atoms with van der Waals surface area (Å²) in [4.78, 5) is 12.6. The fourth-order valence-corrected chi connectivity index (χ4v) is 4.24. The van der Waals surface area contributed by atoms with Gasteiger partial charge in [0.25, 0.3) is 0 Å². The summed E-state index contributed by atoms with van der Waals surface area (Å²) >= 11 is 0. The summed E-state index contributed by atoms with van der Waals surface area (Å²) < 4.78 is 26.9. The van der Waals surface area contributed by atoms with Crippen LogP contribution in [0.2, 0.25) is 0 Å². The van der Waals surface area contributed by atoms with E-state index in [1.165, 1.54) is 4.31 Å². The summed E-state index contributed by atoms with van der Waals surface area (Å²) in [6.45, 7) is 7.96. The molecule has 6 heteroatoms. The Bertz CT molecular complexity index is 645. The largest absolute Gasteiger partial charge is 0.350 e. The van der Waals surface area contributed by atoms with Crippen molar-refractivity contribution in [3.8, 4) is 0 Å². The standard InChI is InChI=1S/C16H24N2O3S/c1-12-7-9-13(10-8-12)22(20,21)18-11-5-6-14(18)15(19)17-16(2,3)4/h7-10,14H,5-6,11H2,1-4H3,(H,17,19)/t14-/m0/s1. The van der Waals surface area contributed by atoms with E-state index in [4.69, 9.17) is 0 Å². The van der Waals surface area contributed by atoms with E-state index in [0.717, 1.165) is 5.56 Å². The molecule has 0 unspecified atom stereocenters. The van der Waals surface area contributed by atoms with E-state index in [1.807, 2.05) is 27.7 Å². The Morgan fingerprint density at radius 2 is 1.82 bits per heavy atom. The van der Waals surface area contributed by atoms with Gasteiger partial charge in [-0.25, -0.2) is 8.42 Å². The molecule has 1 aliphatic heterocycles. The molecule has 1 heterocycles. The van der Waals surface area contributed by atoms with E-state index in [1.54, 1.807) is 24.3 Å². The van der Waals surface area contributed by atoms with Crippen LogP contribution in [0.4, 0.5) is 0 Å². The molecule has 1 fully saturated rings. The predicted molar refractivity (Wildman–Crippen MR) is 86.0 cm³/mol. The van der Waals surface area contributed by atoms with E-state index in [0.29, 0.717) is 19.4 Å². The highest BCUT2D eigenvalue weighted by molar-refractivity contribution is 7.89. The van der Waals surface area contributed by atoms with Crippen molar-refractivity contribution in [3.63, 3.8) is 0 Å². The van der Waals surface area contributed by atoms with Gasteiger partial charge in [0.1, 0.15) is 6.04 Å². The summed E-state index contributed by atoms with van der Waals surface area (Å²) in [5.74, 6) is -0.222. The molecule has 0 aliphatic carbocycles. The maximum atomic E-state index is 12.8. The topological polar surface area (TPSA) is 66.5 Å². The molecule has 1 atom stereocenters. The van der Waals surface area contributed by atoms with Gasteiger partial charge in [0.05, 0.1) is 4.90 Å². The van der Waals surface area contributed by atoms with Gasteiger partial charge in [0.2, 0.25) is 15.9 Å². The van der Waals surface area contributed by atoms with E-state index in [2.05, 4.69) is 5.32 Å². The first kappa shape index (κ1) is 17.0. The van der Waals surface area contributed by atoms with Gasteiger partial charge in [-0.15, -0.1) is 0 Å². The molecule has 5 nitrogen and oxygen atoms in total. The van der Waals surface area contributed by atoms with E-state index >= 15 is 0 Å². The molecule has 0 bridgehead atoms. The minimum absolute atomic E-state index is 0.222. The molecule has 1 aromatic rings. The van der Waals surface area contributed by atoms with Crippen LogP contribution in [-0.2, 0) is 14.8 Å². The number of sulfonamides is 1. The second-order valence-corrected chi connectivity index (χ2v) is 8.72. The van der Waals surface area contributed by atoms with Gasteiger partial charge in [-0.3, -0.25) is 4.79 Å². The number of aryl methyl sites for hydroxylation is 1. The van der Waals surface area contributed by atoms with E-state index in [9.17, 15) is 13.2 Å². The first-order valence-electron chi connectivity index (χ1n) is 7.52. The molecule has 0 radical (unpaired) electrons. The third-order valence-corrected chi connectivity index (χ3v) is 5.55. The monoisotopic (exact) mass is 324 g/mol. The molecule has 22 heavy (non-hydrogen) atoms. The average Bonchev–Trinajstić information content (AvgIpc) is 2.87. The Morgan fingerprint density at radius 1 is 1.23 bits per heavy atom. The molecular formula is C16H24N2O3S. The fraction of sp³-hybridized carbons (Fsp3) is 0.562. The maximum absolute atomic E-state index is 12.8. The number of carbonyl (C=O) groups excluding carboxylic acids is 1. The smallest absolute Gasteiger partial charge is 0.243 e. The number of nitrogens with zero attached hydrogens (tertiary/aromatic N) is 1. The summed E-state index contributed by atoms with van der Waals surface area (Å²) in [7, 11) is -3.63. The van der Waals surface area contributed by atoms with Gasteiger partial charge >= 0.3 is 0 Å². The highest BCUT2D eigenvalue weighted by Crippen LogP contribution is 2.26. The predicted octanol–water partition coefficient (Wildman–Crippen LogP) is 2.06. The number of amides is 1. The molecule has 0 aromatic heterocycles. The molecule has 122 valence electrons. The minimum Gasteiger partial charge on any atom is -0.350 e. The van der Waals surface area contributed by atoms with Crippen molar-refractivity contribution in [2.45, 2.75) is 57.0 Å². The van der Waals surface area contributed by atoms with Crippen LogP contribution in [0.3, 0.4) is 0 Å². The number of hydrogen-bond donors (Lipinski definition) is 1. The van der Waals surface area contributed by atoms with E-state index < -0.39 is 16.1 Å². The van der Waals surface area contributed by atoms with Crippen molar-refractivity contribution in [2.75, 3.05) is 6.54 Å². The molecule has 1 aliphatic rings. The number of carbonyl (C=O) groups is 1. The van der Waals surface area contributed by atoms with Gasteiger partial charge in [-0.05, 0) is 52.7 Å². The van der Waals surface area contributed by atoms with Crippen molar-refractivity contribution in [1.29, 1.82) is 0 Å². The molecule has 1 amide bonds. The Hall–Kier alpha value is -1.40. The first-order valence-corrected chi connectivity index (χ1v) is 8.96. The second-order valence-electron chi connectivity index (χ2n) is 6.83. The SMILES string of the molecule is Cc1ccc(S(=O)(=O)N2CCC[C@H]2C(=O)NC(C)(C)C)cc1. The van der Waals surface area contributed by atoms with Gasteiger partial charge in [-0.2, -0.15) is 4.31 Å². The van der Waals surface area contributed by atoms with Crippen LogP contribution in [0.25, 0.3) is 0 Å². The highest BCUT2D eigenvalue weighted by Gasteiger charge is 2.40. The van der Waals surface area contributed by atoms with Crippen LogP contribution < -0.4 is 5.32 Å². The van der Waals surface area contributed by atoms with E-state index in [-0.39, 0.29) is 16.3 Å². The summed E-state index contributed by atoms with van der Waals surface area (Å²) in [5, 5.41) is 2.88. The van der Waals surface area contributed by atoms with Crippen LogP contribution in [0.15, 0.2) is 29.2 Å². The van der Waals surface area contributed by atoms with Crippen LogP contribution in [0.5, 0.6) is 0 Å². The molecule has 2 rings (SSSR count). The van der Waals surface area contributed by atoms with Gasteiger partial charge < -0.3 is 5.32 Å². The molecular weight excluding hydrogens is 300 g/mol. The third-order valence-electron chi connectivity index (χ3n) is 3.63. The van der Waals surface area contributed by atoms with Crippen molar-refractivity contribution >= 4 is 15.9 Å². The number of benzene rings is 1. The molecule has 1 N–H and O–H groups in total. The Morgan fingerprint density at radius 3 is 2.36 bits per heavy atom. The Kier molecular flexibility index (Phi) is 4.63. The van der Waals surface area contributed by atoms with Crippen molar-refractivity contribution in [3.05, 3.63) is 29.8 Å². The summed E-state index contributed by atoms with van der Waals surface area (Å²) in [6, 6.07) is 6.12. The Labute approximate surface area is 132 Å². The molecule has 1 saturated heterocycles. The molecule has 1 aromatic carbocycles. The number of rotatable bonds is 3. The van der Waals surface area contributed by atoms with Gasteiger partial charge in [0.15, 0.2) is 0 Å². The van der Waals surface area contributed by atoms with Crippen LogP contribution in [0.1, 0.15) is 39.2 Å². The maximum Gasteiger partial charge on any atom is 0.243 e. The zero-order valence-corrected chi connectivity index (χ0v) is 14.4. The van der Waals surface area contributed by atoms with Crippen LogP contribution in [0, 0.1) is 6.92 Å². The average molecular weight is 324 g/mol.